The molecule has 1 amide bonds. The van der Waals surface area contributed by atoms with Crippen molar-refractivity contribution in [2.75, 3.05) is 17.2 Å². The van der Waals surface area contributed by atoms with Crippen LogP contribution in [0, 0.1) is 6.92 Å². The number of rotatable bonds is 5. The van der Waals surface area contributed by atoms with Crippen LogP contribution in [0.15, 0.2) is 41.0 Å². The van der Waals surface area contributed by atoms with Gasteiger partial charge in [0.2, 0.25) is 0 Å². The number of aromatic nitrogens is 1. The lowest BCUT2D eigenvalue weighted by Crippen LogP contribution is -2.14. The quantitative estimate of drug-likeness (QED) is 0.850. The first-order valence-electron chi connectivity index (χ1n) is 6.87. The Morgan fingerprint density at radius 2 is 2.00 bits per heavy atom. The number of nitrogens with one attached hydrogen (secondary N) is 2. The van der Waals surface area contributed by atoms with Gasteiger partial charge in [-0.15, -0.1) is 0 Å². The average molecular weight is 348 g/mol. The third-order valence-corrected chi connectivity index (χ3v) is 3.44. The second-order valence-electron chi connectivity index (χ2n) is 4.78. The fourth-order valence-corrected chi connectivity index (χ4v) is 2.31. The van der Waals surface area contributed by atoms with Gasteiger partial charge < -0.3 is 10.6 Å². The zero-order chi connectivity index (χ0) is 15.2. The summed E-state index contributed by atoms with van der Waals surface area (Å²) in [6, 6.07) is 9.35. The van der Waals surface area contributed by atoms with Crippen LogP contribution >= 0.6 is 15.9 Å². The van der Waals surface area contributed by atoms with Gasteiger partial charge in [0.15, 0.2) is 0 Å². The van der Waals surface area contributed by atoms with Gasteiger partial charge in [0, 0.05) is 28.5 Å². The van der Waals surface area contributed by atoms with Crippen molar-refractivity contribution < 1.29 is 4.79 Å². The molecule has 0 spiro atoms. The van der Waals surface area contributed by atoms with Crippen molar-refractivity contribution >= 4 is 33.3 Å². The second-order valence-corrected chi connectivity index (χ2v) is 5.69. The van der Waals surface area contributed by atoms with Crippen LogP contribution in [0.25, 0.3) is 0 Å². The third-order valence-electron chi connectivity index (χ3n) is 3.00. The van der Waals surface area contributed by atoms with Gasteiger partial charge in [-0.2, -0.15) is 0 Å². The molecule has 5 heteroatoms. The van der Waals surface area contributed by atoms with E-state index in [1.54, 1.807) is 6.20 Å². The molecule has 0 aliphatic carbocycles. The molecule has 1 aromatic heterocycles. The zero-order valence-corrected chi connectivity index (χ0v) is 13.7. The number of hydrogen-bond donors (Lipinski definition) is 2. The second kappa shape index (κ2) is 7.22. The lowest BCUT2D eigenvalue weighted by molar-refractivity contribution is 0.102. The molecule has 0 aliphatic rings. The Kier molecular flexibility index (Phi) is 5.33. The monoisotopic (exact) mass is 347 g/mol. The first-order valence-corrected chi connectivity index (χ1v) is 7.67. The van der Waals surface area contributed by atoms with Gasteiger partial charge in [-0.1, -0.05) is 6.92 Å². The van der Waals surface area contributed by atoms with Gasteiger partial charge in [0.25, 0.3) is 5.91 Å². The van der Waals surface area contributed by atoms with Gasteiger partial charge in [0.1, 0.15) is 5.82 Å². The maximum Gasteiger partial charge on any atom is 0.256 e. The highest BCUT2D eigenvalue weighted by atomic mass is 79.9. The SMILES string of the molecule is CCCNc1ccc(C(=O)Nc2ncc(Br)cc2C)cc1. The van der Waals surface area contributed by atoms with E-state index in [2.05, 4.69) is 38.5 Å². The largest absolute Gasteiger partial charge is 0.385 e. The molecule has 0 atom stereocenters. The summed E-state index contributed by atoms with van der Waals surface area (Å²) in [6.07, 6.45) is 2.73. The van der Waals surface area contributed by atoms with Gasteiger partial charge in [-0.3, -0.25) is 4.79 Å². The van der Waals surface area contributed by atoms with Crippen molar-refractivity contribution in [2.24, 2.45) is 0 Å². The summed E-state index contributed by atoms with van der Waals surface area (Å²) in [5.41, 5.74) is 2.55. The van der Waals surface area contributed by atoms with Gasteiger partial charge in [-0.25, -0.2) is 4.98 Å². The molecule has 0 saturated heterocycles. The molecule has 0 unspecified atom stereocenters. The van der Waals surface area contributed by atoms with E-state index in [0.29, 0.717) is 11.4 Å². The Morgan fingerprint density at radius 1 is 1.29 bits per heavy atom. The molecule has 0 aliphatic heterocycles. The number of aryl methyl sites for hydroxylation is 1. The molecule has 0 bridgehead atoms. The van der Waals surface area contributed by atoms with E-state index in [4.69, 9.17) is 0 Å². The molecule has 2 rings (SSSR count). The average Bonchev–Trinajstić information content (AvgIpc) is 2.48. The number of hydrogen-bond acceptors (Lipinski definition) is 3. The van der Waals surface area contributed by atoms with E-state index in [-0.39, 0.29) is 5.91 Å². The van der Waals surface area contributed by atoms with Crippen LogP contribution in [0.4, 0.5) is 11.5 Å². The molecule has 110 valence electrons. The number of pyridine rings is 1. The third kappa shape index (κ3) is 4.29. The lowest BCUT2D eigenvalue weighted by atomic mass is 10.2. The number of benzene rings is 1. The van der Waals surface area contributed by atoms with Crippen LogP contribution in [0.2, 0.25) is 0 Å². The highest BCUT2D eigenvalue weighted by molar-refractivity contribution is 9.10. The Hall–Kier alpha value is -1.88. The van der Waals surface area contributed by atoms with Crippen LogP contribution in [-0.2, 0) is 0 Å². The molecule has 2 aromatic rings. The summed E-state index contributed by atoms with van der Waals surface area (Å²) in [7, 11) is 0. The minimum absolute atomic E-state index is 0.157. The van der Waals surface area contributed by atoms with Crippen molar-refractivity contribution in [3.8, 4) is 0 Å². The van der Waals surface area contributed by atoms with E-state index in [9.17, 15) is 4.79 Å². The van der Waals surface area contributed by atoms with Crippen molar-refractivity contribution in [1.29, 1.82) is 0 Å². The number of carbonyl (C=O) groups excluding carboxylic acids is 1. The molecule has 0 saturated carbocycles. The predicted molar refractivity (Wildman–Crippen MR) is 89.8 cm³/mol. The molecule has 4 nitrogen and oxygen atoms in total. The van der Waals surface area contributed by atoms with Crippen LogP contribution < -0.4 is 10.6 Å². The van der Waals surface area contributed by atoms with E-state index >= 15 is 0 Å². The number of halogens is 1. The van der Waals surface area contributed by atoms with E-state index in [0.717, 1.165) is 28.7 Å². The molecular formula is C16H18BrN3O. The first kappa shape index (κ1) is 15.5. The van der Waals surface area contributed by atoms with Crippen LogP contribution in [0.5, 0.6) is 0 Å². The lowest BCUT2D eigenvalue weighted by Gasteiger charge is -2.09. The van der Waals surface area contributed by atoms with Crippen LogP contribution in [0.3, 0.4) is 0 Å². The Balaban J connectivity index is 2.06. The number of nitrogens with zero attached hydrogens (tertiary/aromatic N) is 1. The molecule has 1 heterocycles. The van der Waals surface area contributed by atoms with Crippen molar-refractivity contribution in [2.45, 2.75) is 20.3 Å². The van der Waals surface area contributed by atoms with Gasteiger partial charge >= 0.3 is 0 Å². The van der Waals surface area contributed by atoms with E-state index in [1.165, 1.54) is 0 Å². The molecule has 0 radical (unpaired) electrons. The summed E-state index contributed by atoms with van der Waals surface area (Å²) in [6.45, 7) is 4.95. The fourth-order valence-electron chi connectivity index (χ4n) is 1.86. The highest BCUT2D eigenvalue weighted by Gasteiger charge is 2.08. The normalized spacial score (nSPS) is 10.2. The molecule has 2 N–H and O–H groups in total. The Labute approximate surface area is 133 Å². The van der Waals surface area contributed by atoms with Crippen LogP contribution in [-0.4, -0.2) is 17.4 Å². The Bertz CT molecular complexity index is 626. The molecule has 0 fully saturated rings. The summed E-state index contributed by atoms with van der Waals surface area (Å²) >= 11 is 3.35. The number of carbonyl (C=O) groups is 1. The maximum atomic E-state index is 12.2. The minimum atomic E-state index is -0.157. The standard InChI is InChI=1S/C16H18BrN3O/c1-3-8-18-14-6-4-12(5-7-14)16(21)20-15-11(2)9-13(17)10-19-15/h4-7,9-10,18H,3,8H2,1-2H3,(H,19,20,21). The molecular weight excluding hydrogens is 330 g/mol. The molecule has 21 heavy (non-hydrogen) atoms. The summed E-state index contributed by atoms with van der Waals surface area (Å²) < 4.78 is 0.893. The number of anilines is 2. The topological polar surface area (TPSA) is 54.0 Å². The number of amides is 1. The van der Waals surface area contributed by atoms with E-state index < -0.39 is 0 Å². The Morgan fingerprint density at radius 3 is 2.62 bits per heavy atom. The summed E-state index contributed by atoms with van der Waals surface area (Å²) in [5, 5.41) is 6.10. The zero-order valence-electron chi connectivity index (χ0n) is 12.1. The first-order chi connectivity index (χ1) is 10.1. The smallest absolute Gasteiger partial charge is 0.256 e. The van der Waals surface area contributed by atoms with E-state index in [1.807, 2.05) is 37.3 Å². The van der Waals surface area contributed by atoms with Crippen molar-refractivity contribution in [3.63, 3.8) is 0 Å². The highest BCUT2D eigenvalue weighted by Crippen LogP contribution is 2.18. The summed E-state index contributed by atoms with van der Waals surface area (Å²) in [5.74, 6) is 0.423. The van der Waals surface area contributed by atoms with Gasteiger partial charge in [-0.05, 0) is 65.2 Å². The predicted octanol–water partition coefficient (Wildman–Crippen LogP) is 4.23. The van der Waals surface area contributed by atoms with Gasteiger partial charge in [0.05, 0.1) is 0 Å². The van der Waals surface area contributed by atoms with Crippen molar-refractivity contribution in [3.05, 3.63) is 52.1 Å². The van der Waals surface area contributed by atoms with Crippen LogP contribution in [0.1, 0.15) is 29.3 Å². The maximum absolute atomic E-state index is 12.2. The summed E-state index contributed by atoms with van der Waals surface area (Å²) in [4.78, 5) is 16.4. The molecule has 1 aromatic carbocycles. The van der Waals surface area contributed by atoms with Crippen molar-refractivity contribution in [1.82, 2.24) is 4.98 Å². The minimum Gasteiger partial charge on any atom is -0.385 e. The fraction of sp³-hybridized carbons (Fsp3) is 0.250.